The molecule has 1 aromatic heterocycles. The van der Waals surface area contributed by atoms with E-state index >= 15 is 0 Å². The fourth-order valence-corrected chi connectivity index (χ4v) is 3.97. The van der Waals surface area contributed by atoms with Crippen LogP contribution in [-0.4, -0.2) is 22.1 Å². The number of hydrogen-bond acceptors (Lipinski definition) is 7. The largest absolute Gasteiger partial charge is 0.500 e. The van der Waals surface area contributed by atoms with Crippen LogP contribution in [-0.2, 0) is 0 Å². The van der Waals surface area contributed by atoms with E-state index in [4.69, 9.17) is 4.74 Å². The number of rotatable bonds is 5. The molecule has 0 amide bonds. The SMILES string of the molecule is COc1cc(/C=C(/C#N)c2nc(-c3ccc4ccccc4c3)cs2)cc([N+](=O)[O-])c1O. The van der Waals surface area contributed by atoms with Crippen molar-refractivity contribution in [2.45, 2.75) is 0 Å². The first kappa shape index (κ1) is 20.1. The minimum absolute atomic E-state index is 0.0475. The number of hydrogen-bond donors (Lipinski definition) is 1. The molecule has 152 valence electrons. The van der Waals surface area contributed by atoms with Gasteiger partial charge in [0.2, 0.25) is 5.75 Å². The van der Waals surface area contributed by atoms with Crippen LogP contribution in [0.1, 0.15) is 10.6 Å². The molecule has 0 bridgehead atoms. The number of nitro groups is 1. The summed E-state index contributed by atoms with van der Waals surface area (Å²) in [6, 6.07) is 18.8. The summed E-state index contributed by atoms with van der Waals surface area (Å²) in [6.07, 6.45) is 1.48. The highest BCUT2D eigenvalue weighted by atomic mass is 32.1. The molecule has 3 aromatic carbocycles. The van der Waals surface area contributed by atoms with Crippen LogP contribution >= 0.6 is 11.3 Å². The molecule has 1 heterocycles. The number of nitro benzene ring substituents is 1. The van der Waals surface area contributed by atoms with E-state index in [0.717, 1.165) is 22.0 Å². The van der Waals surface area contributed by atoms with E-state index in [2.05, 4.69) is 11.1 Å². The number of thiazole rings is 1. The molecule has 0 aliphatic rings. The number of aromatic hydroxyl groups is 1. The Balaban J connectivity index is 1.73. The fourth-order valence-electron chi connectivity index (χ4n) is 3.18. The average molecular weight is 429 g/mol. The lowest BCUT2D eigenvalue weighted by Crippen LogP contribution is -1.93. The zero-order chi connectivity index (χ0) is 22.0. The molecule has 4 aromatic rings. The van der Waals surface area contributed by atoms with Gasteiger partial charge in [-0.1, -0.05) is 36.4 Å². The predicted molar refractivity (Wildman–Crippen MR) is 120 cm³/mol. The van der Waals surface area contributed by atoms with Gasteiger partial charge in [0.25, 0.3) is 0 Å². The number of phenolic OH excluding ortho intramolecular Hbond substituents is 1. The van der Waals surface area contributed by atoms with E-state index in [0.29, 0.717) is 10.6 Å². The third-order valence-electron chi connectivity index (χ3n) is 4.71. The summed E-state index contributed by atoms with van der Waals surface area (Å²) in [5.74, 6) is -0.607. The number of benzene rings is 3. The summed E-state index contributed by atoms with van der Waals surface area (Å²) in [7, 11) is 1.30. The van der Waals surface area contributed by atoms with Gasteiger partial charge in [-0.2, -0.15) is 5.26 Å². The highest BCUT2D eigenvalue weighted by Crippen LogP contribution is 2.38. The zero-order valence-corrected chi connectivity index (χ0v) is 17.1. The highest BCUT2D eigenvalue weighted by Gasteiger charge is 2.20. The van der Waals surface area contributed by atoms with Crippen LogP contribution in [0, 0.1) is 21.4 Å². The van der Waals surface area contributed by atoms with Gasteiger partial charge in [-0.25, -0.2) is 4.98 Å². The van der Waals surface area contributed by atoms with Gasteiger partial charge < -0.3 is 9.84 Å². The van der Waals surface area contributed by atoms with Crippen molar-refractivity contribution in [3.05, 3.63) is 80.7 Å². The van der Waals surface area contributed by atoms with Crippen molar-refractivity contribution in [3.8, 4) is 28.8 Å². The molecule has 0 saturated heterocycles. The van der Waals surface area contributed by atoms with Crippen LogP contribution in [0.25, 0.3) is 33.7 Å². The highest BCUT2D eigenvalue weighted by molar-refractivity contribution is 7.11. The topological polar surface area (TPSA) is 109 Å². The Morgan fingerprint density at radius 3 is 2.71 bits per heavy atom. The lowest BCUT2D eigenvalue weighted by molar-refractivity contribution is -0.386. The summed E-state index contributed by atoms with van der Waals surface area (Å²) < 4.78 is 5.01. The van der Waals surface area contributed by atoms with Crippen LogP contribution in [0.5, 0.6) is 11.5 Å². The Hall–Kier alpha value is -4.22. The Morgan fingerprint density at radius 1 is 1.23 bits per heavy atom. The Morgan fingerprint density at radius 2 is 2.00 bits per heavy atom. The first-order chi connectivity index (χ1) is 15.0. The van der Waals surface area contributed by atoms with Gasteiger partial charge >= 0.3 is 5.69 Å². The number of aromatic nitrogens is 1. The van der Waals surface area contributed by atoms with E-state index in [1.807, 2.05) is 47.8 Å². The molecule has 1 N–H and O–H groups in total. The lowest BCUT2D eigenvalue weighted by Gasteiger charge is -2.05. The zero-order valence-electron chi connectivity index (χ0n) is 16.3. The number of ether oxygens (including phenoxy) is 1. The minimum Gasteiger partial charge on any atom is -0.500 e. The third kappa shape index (κ3) is 3.95. The van der Waals surface area contributed by atoms with Crippen molar-refractivity contribution in [1.29, 1.82) is 5.26 Å². The molecule has 0 fully saturated rings. The monoisotopic (exact) mass is 429 g/mol. The van der Waals surface area contributed by atoms with E-state index in [9.17, 15) is 20.5 Å². The van der Waals surface area contributed by atoms with Crippen LogP contribution in [0.3, 0.4) is 0 Å². The summed E-state index contributed by atoms with van der Waals surface area (Å²) in [6.45, 7) is 0. The lowest BCUT2D eigenvalue weighted by atomic mass is 10.1. The molecule has 0 spiro atoms. The average Bonchev–Trinajstić information content (AvgIpc) is 3.27. The van der Waals surface area contributed by atoms with Crippen LogP contribution < -0.4 is 4.74 Å². The standard InChI is InChI=1S/C23H15N3O4S/c1-30-21-10-14(9-20(22(21)27)26(28)29)8-18(12-24)23-25-19(13-31-23)17-7-6-15-4-2-3-5-16(15)11-17/h2-11,13,27H,1H3/b18-8-. The van der Waals surface area contributed by atoms with Crippen LogP contribution in [0.15, 0.2) is 60.0 Å². The molecule has 0 atom stereocenters. The normalized spacial score (nSPS) is 11.3. The van der Waals surface area contributed by atoms with Gasteiger partial charge in [0.15, 0.2) is 5.75 Å². The Labute approximate surface area is 181 Å². The van der Waals surface area contributed by atoms with Crippen molar-refractivity contribution in [2.75, 3.05) is 7.11 Å². The number of allylic oxidation sites excluding steroid dienone is 1. The van der Waals surface area contributed by atoms with Crippen LogP contribution in [0.4, 0.5) is 5.69 Å². The molecule has 0 unspecified atom stereocenters. The maximum absolute atomic E-state index is 11.2. The van der Waals surface area contributed by atoms with Gasteiger partial charge in [-0.15, -0.1) is 11.3 Å². The maximum Gasteiger partial charge on any atom is 0.315 e. The second kappa shape index (κ2) is 8.26. The number of phenols is 1. The van der Waals surface area contributed by atoms with Gasteiger partial charge in [0.1, 0.15) is 11.1 Å². The first-order valence-electron chi connectivity index (χ1n) is 9.12. The maximum atomic E-state index is 11.2. The minimum atomic E-state index is -0.706. The first-order valence-corrected chi connectivity index (χ1v) is 10.0. The summed E-state index contributed by atoms with van der Waals surface area (Å²) in [5.41, 5.74) is 1.76. The van der Waals surface area contributed by atoms with Gasteiger partial charge in [-0.3, -0.25) is 10.1 Å². The smallest absolute Gasteiger partial charge is 0.315 e. The summed E-state index contributed by atoms with van der Waals surface area (Å²) in [4.78, 5) is 15.1. The Bertz CT molecular complexity index is 1390. The molecule has 0 aliphatic heterocycles. The van der Waals surface area contributed by atoms with Crippen LogP contribution in [0.2, 0.25) is 0 Å². The fraction of sp³-hybridized carbons (Fsp3) is 0.0435. The van der Waals surface area contributed by atoms with Crippen molar-refractivity contribution >= 4 is 39.4 Å². The molecule has 7 nitrogen and oxygen atoms in total. The molecular formula is C23H15N3O4S. The number of nitrogens with zero attached hydrogens (tertiary/aromatic N) is 3. The molecule has 0 aliphatic carbocycles. The molecule has 0 radical (unpaired) electrons. The second-order valence-corrected chi connectivity index (χ2v) is 7.48. The molecule has 4 rings (SSSR count). The number of fused-ring (bicyclic) bond motifs is 1. The summed E-state index contributed by atoms with van der Waals surface area (Å²) in [5, 5.41) is 35.4. The van der Waals surface area contributed by atoms with E-state index in [-0.39, 0.29) is 11.3 Å². The predicted octanol–water partition coefficient (Wildman–Crippen LogP) is 5.65. The molecule has 8 heteroatoms. The van der Waals surface area contributed by atoms with Crippen molar-refractivity contribution < 1.29 is 14.8 Å². The van der Waals surface area contributed by atoms with Gasteiger partial charge in [-0.05, 0) is 34.5 Å². The van der Waals surface area contributed by atoms with E-state index in [1.165, 1.54) is 36.7 Å². The van der Waals surface area contributed by atoms with Crippen molar-refractivity contribution in [1.82, 2.24) is 4.98 Å². The van der Waals surface area contributed by atoms with Crippen molar-refractivity contribution in [2.24, 2.45) is 0 Å². The molecular weight excluding hydrogens is 414 g/mol. The van der Waals surface area contributed by atoms with Crippen molar-refractivity contribution in [3.63, 3.8) is 0 Å². The number of nitriles is 1. The second-order valence-electron chi connectivity index (χ2n) is 6.62. The van der Waals surface area contributed by atoms with Gasteiger partial charge in [0, 0.05) is 17.0 Å². The quantitative estimate of drug-likeness (QED) is 0.249. The van der Waals surface area contributed by atoms with Gasteiger partial charge in [0.05, 0.1) is 23.3 Å². The van der Waals surface area contributed by atoms with E-state index in [1.54, 1.807) is 0 Å². The van der Waals surface area contributed by atoms with E-state index < -0.39 is 16.4 Å². The number of methoxy groups -OCH3 is 1. The third-order valence-corrected chi connectivity index (χ3v) is 5.58. The molecule has 31 heavy (non-hydrogen) atoms. The Kier molecular flexibility index (Phi) is 5.35. The molecule has 0 saturated carbocycles. The summed E-state index contributed by atoms with van der Waals surface area (Å²) >= 11 is 1.31.